The number of carbonyl (C=O) groups is 1. The van der Waals surface area contributed by atoms with Gasteiger partial charge in [-0.1, -0.05) is 18.2 Å². The van der Waals surface area contributed by atoms with Crippen molar-refractivity contribution in [2.75, 3.05) is 26.3 Å². The van der Waals surface area contributed by atoms with Crippen LogP contribution in [0.15, 0.2) is 46.7 Å². The Kier molecular flexibility index (Phi) is 3.67. The summed E-state index contributed by atoms with van der Waals surface area (Å²) < 4.78 is 10.4. The Hall–Kier alpha value is -2.65. The molecule has 0 spiro atoms. The summed E-state index contributed by atoms with van der Waals surface area (Å²) in [4.78, 5) is 18.0. The molecule has 2 aliphatic heterocycles. The van der Waals surface area contributed by atoms with E-state index < -0.39 is 5.97 Å². The minimum atomic E-state index is -0.586. The van der Waals surface area contributed by atoms with E-state index in [1.54, 1.807) is 17.0 Å². The molecule has 2 aliphatic rings. The molecule has 6 heteroatoms. The fraction of sp³-hybridized carbons (Fsp3) is 0.267. The zero-order chi connectivity index (χ0) is 14.7. The summed E-state index contributed by atoms with van der Waals surface area (Å²) in [5.41, 5.74) is 1.02. The lowest BCUT2D eigenvalue weighted by Gasteiger charge is -2.27. The number of allylic oxidation sites excluding steroid dienone is 1. The lowest BCUT2D eigenvalue weighted by molar-refractivity contribution is -0.130. The predicted molar refractivity (Wildman–Crippen MR) is 74.1 cm³/mol. The van der Waals surface area contributed by atoms with Gasteiger partial charge in [0.25, 0.3) is 0 Å². The maximum atomic E-state index is 12.0. The second-order valence-electron chi connectivity index (χ2n) is 4.58. The Morgan fingerprint density at radius 1 is 1.24 bits per heavy atom. The van der Waals surface area contributed by atoms with E-state index in [0.717, 1.165) is 0 Å². The van der Waals surface area contributed by atoms with Crippen LogP contribution in [0, 0.1) is 11.3 Å². The van der Waals surface area contributed by atoms with Gasteiger partial charge in [-0.3, -0.25) is 0 Å². The number of hydrogen-bond donors (Lipinski definition) is 0. The molecule has 6 nitrogen and oxygen atoms in total. The highest BCUT2D eigenvalue weighted by Gasteiger charge is 2.30. The van der Waals surface area contributed by atoms with Crippen LogP contribution >= 0.6 is 0 Å². The van der Waals surface area contributed by atoms with E-state index in [1.165, 1.54) is 0 Å². The van der Waals surface area contributed by atoms with E-state index in [1.807, 2.05) is 18.2 Å². The predicted octanol–water partition coefficient (Wildman–Crippen LogP) is 1.06. The standard InChI is InChI=1S/C15H13N3O3/c16-10-12(18-6-8-20-9-7-18)13-15(19)21-14(17-13)11-4-2-1-3-5-11/h1-5H,6-9H2. The molecule has 0 aliphatic carbocycles. The first-order chi connectivity index (χ1) is 10.3. The van der Waals surface area contributed by atoms with Gasteiger partial charge >= 0.3 is 5.97 Å². The molecule has 0 N–H and O–H groups in total. The van der Waals surface area contributed by atoms with E-state index in [2.05, 4.69) is 11.1 Å². The van der Waals surface area contributed by atoms with E-state index in [9.17, 15) is 10.1 Å². The zero-order valence-corrected chi connectivity index (χ0v) is 11.3. The van der Waals surface area contributed by atoms with Gasteiger partial charge in [-0.05, 0) is 12.1 Å². The van der Waals surface area contributed by atoms with Crippen LogP contribution in [0.5, 0.6) is 0 Å². The highest BCUT2D eigenvalue weighted by Crippen LogP contribution is 2.21. The normalized spacial score (nSPS) is 20.6. The SMILES string of the molecule is N#CC(=C1N=C(c2ccccc2)OC1=O)N1CCOCC1. The number of esters is 1. The molecular formula is C15H13N3O3. The van der Waals surface area contributed by atoms with Crippen molar-refractivity contribution in [2.45, 2.75) is 0 Å². The van der Waals surface area contributed by atoms with Gasteiger partial charge in [0.05, 0.1) is 13.2 Å². The Labute approximate surface area is 121 Å². The topological polar surface area (TPSA) is 74.9 Å². The van der Waals surface area contributed by atoms with Gasteiger partial charge in [0.15, 0.2) is 5.70 Å². The molecule has 1 fully saturated rings. The highest BCUT2D eigenvalue weighted by molar-refractivity contribution is 6.11. The summed E-state index contributed by atoms with van der Waals surface area (Å²) in [5.74, 6) is -0.353. The van der Waals surface area contributed by atoms with Crippen LogP contribution in [0.2, 0.25) is 0 Å². The summed E-state index contributed by atoms with van der Waals surface area (Å²) in [6.45, 7) is 2.19. The first-order valence-electron chi connectivity index (χ1n) is 6.63. The minimum Gasteiger partial charge on any atom is -0.402 e. The third-order valence-electron chi connectivity index (χ3n) is 3.27. The summed E-state index contributed by atoms with van der Waals surface area (Å²) in [5, 5.41) is 9.35. The van der Waals surface area contributed by atoms with Crippen LogP contribution in [-0.2, 0) is 14.3 Å². The number of nitriles is 1. The highest BCUT2D eigenvalue weighted by atomic mass is 16.6. The van der Waals surface area contributed by atoms with Crippen LogP contribution in [0.3, 0.4) is 0 Å². The molecule has 0 amide bonds. The van der Waals surface area contributed by atoms with Crippen LogP contribution in [0.1, 0.15) is 5.56 Å². The van der Waals surface area contributed by atoms with Gasteiger partial charge in [-0.25, -0.2) is 9.79 Å². The van der Waals surface area contributed by atoms with E-state index in [0.29, 0.717) is 31.9 Å². The van der Waals surface area contributed by atoms with Gasteiger partial charge in [0.1, 0.15) is 11.8 Å². The fourth-order valence-electron chi connectivity index (χ4n) is 2.22. The molecule has 2 heterocycles. The van der Waals surface area contributed by atoms with Crippen molar-refractivity contribution in [3.8, 4) is 6.07 Å². The van der Waals surface area contributed by atoms with Gasteiger partial charge in [0.2, 0.25) is 5.90 Å². The smallest absolute Gasteiger partial charge is 0.366 e. The molecule has 0 bridgehead atoms. The van der Waals surface area contributed by atoms with Crippen molar-refractivity contribution in [1.82, 2.24) is 4.90 Å². The maximum absolute atomic E-state index is 12.0. The van der Waals surface area contributed by atoms with Crippen molar-refractivity contribution in [2.24, 2.45) is 4.99 Å². The maximum Gasteiger partial charge on any atom is 0.366 e. The quantitative estimate of drug-likeness (QED) is 0.461. The Balaban J connectivity index is 1.96. The number of cyclic esters (lactones) is 1. The van der Waals surface area contributed by atoms with E-state index >= 15 is 0 Å². The van der Waals surface area contributed by atoms with Crippen molar-refractivity contribution >= 4 is 11.9 Å². The Morgan fingerprint density at radius 3 is 2.62 bits per heavy atom. The van der Waals surface area contributed by atoms with Crippen molar-refractivity contribution in [3.05, 3.63) is 47.3 Å². The number of morpholine rings is 1. The van der Waals surface area contributed by atoms with Gasteiger partial charge < -0.3 is 14.4 Å². The summed E-state index contributed by atoms with van der Waals surface area (Å²) in [6.07, 6.45) is 0. The molecule has 1 saturated heterocycles. The molecule has 1 aromatic carbocycles. The number of aliphatic imine (C=N–C) groups is 1. The second-order valence-corrected chi connectivity index (χ2v) is 4.58. The fourth-order valence-corrected chi connectivity index (χ4v) is 2.22. The van der Waals surface area contributed by atoms with Crippen LogP contribution in [-0.4, -0.2) is 43.1 Å². The average Bonchev–Trinajstić information content (AvgIpc) is 2.92. The largest absolute Gasteiger partial charge is 0.402 e. The molecule has 106 valence electrons. The Morgan fingerprint density at radius 2 is 1.95 bits per heavy atom. The van der Waals surface area contributed by atoms with Crippen molar-refractivity contribution in [3.63, 3.8) is 0 Å². The molecular weight excluding hydrogens is 270 g/mol. The average molecular weight is 283 g/mol. The molecule has 0 atom stereocenters. The molecule has 0 radical (unpaired) electrons. The van der Waals surface area contributed by atoms with Crippen LogP contribution in [0.25, 0.3) is 0 Å². The number of carbonyl (C=O) groups excluding carboxylic acids is 1. The van der Waals surface area contributed by atoms with E-state index in [-0.39, 0.29) is 17.3 Å². The first kappa shape index (κ1) is 13.3. The third kappa shape index (κ3) is 2.64. The van der Waals surface area contributed by atoms with Crippen LogP contribution in [0.4, 0.5) is 0 Å². The third-order valence-corrected chi connectivity index (χ3v) is 3.27. The number of benzene rings is 1. The molecule has 0 saturated carbocycles. The molecule has 3 rings (SSSR count). The van der Waals surface area contributed by atoms with Crippen LogP contribution < -0.4 is 0 Å². The van der Waals surface area contributed by atoms with Crippen molar-refractivity contribution < 1.29 is 14.3 Å². The lowest BCUT2D eigenvalue weighted by atomic mass is 10.2. The molecule has 21 heavy (non-hydrogen) atoms. The molecule has 0 unspecified atom stereocenters. The second kappa shape index (κ2) is 5.77. The first-order valence-corrected chi connectivity index (χ1v) is 6.63. The monoisotopic (exact) mass is 283 g/mol. The minimum absolute atomic E-state index is 0.0678. The van der Waals surface area contributed by atoms with Crippen molar-refractivity contribution in [1.29, 1.82) is 5.26 Å². The number of nitrogens with zero attached hydrogens (tertiary/aromatic N) is 3. The lowest BCUT2D eigenvalue weighted by Crippen LogP contribution is -2.36. The summed E-state index contributed by atoms with van der Waals surface area (Å²) in [6, 6.07) is 11.2. The number of rotatable bonds is 2. The molecule has 0 aromatic heterocycles. The molecule has 1 aromatic rings. The van der Waals surface area contributed by atoms with Gasteiger partial charge in [0, 0.05) is 18.7 Å². The van der Waals surface area contributed by atoms with Gasteiger partial charge in [-0.2, -0.15) is 5.26 Å². The number of ether oxygens (including phenoxy) is 2. The Bertz CT molecular complexity index is 652. The van der Waals surface area contributed by atoms with E-state index in [4.69, 9.17) is 9.47 Å². The summed E-state index contributed by atoms with van der Waals surface area (Å²) in [7, 11) is 0. The van der Waals surface area contributed by atoms with Gasteiger partial charge in [-0.15, -0.1) is 0 Å². The number of hydrogen-bond acceptors (Lipinski definition) is 6. The zero-order valence-electron chi connectivity index (χ0n) is 11.3. The summed E-state index contributed by atoms with van der Waals surface area (Å²) >= 11 is 0.